The van der Waals surface area contributed by atoms with Crippen LogP contribution in [0.1, 0.15) is 17.0 Å². The molecule has 5 nitrogen and oxygen atoms in total. The van der Waals surface area contributed by atoms with Gasteiger partial charge in [0.2, 0.25) is 5.95 Å². The maximum Gasteiger partial charge on any atom is 0.224 e. The molecule has 0 aliphatic rings. The molecule has 0 atom stereocenters. The van der Waals surface area contributed by atoms with Crippen molar-refractivity contribution in [2.45, 2.75) is 13.8 Å². The molecule has 0 aliphatic carbocycles. The van der Waals surface area contributed by atoms with E-state index in [0.29, 0.717) is 5.95 Å². The number of aryl methyl sites for hydroxylation is 2. The van der Waals surface area contributed by atoms with E-state index in [2.05, 4.69) is 80.2 Å². The summed E-state index contributed by atoms with van der Waals surface area (Å²) in [6.45, 7) is 4.21. The van der Waals surface area contributed by atoms with E-state index in [1.807, 2.05) is 42.1 Å². The molecule has 0 fully saturated rings. The highest BCUT2D eigenvalue weighted by atomic mass is 79.9. The summed E-state index contributed by atoms with van der Waals surface area (Å²) >= 11 is 3.49. The summed E-state index contributed by atoms with van der Waals surface area (Å²) in [6.07, 6.45) is 1.84. The number of rotatable bonds is 4. The van der Waals surface area contributed by atoms with Gasteiger partial charge in [-0.3, -0.25) is 0 Å². The van der Waals surface area contributed by atoms with Crippen LogP contribution in [-0.2, 0) is 7.05 Å². The molecular formula is C21H20BrN5. The molecule has 136 valence electrons. The van der Waals surface area contributed by atoms with Crippen LogP contribution in [0.25, 0.3) is 16.7 Å². The van der Waals surface area contributed by atoms with Crippen LogP contribution in [0.4, 0.5) is 5.95 Å². The number of nitrogens with zero attached hydrogens (tertiary/aromatic N) is 4. The Morgan fingerprint density at radius 2 is 1.81 bits per heavy atom. The van der Waals surface area contributed by atoms with Crippen molar-refractivity contribution in [2.24, 2.45) is 12.1 Å². The van der Waals surface area contributed by atoms with E-state index in [9.17, 15) is 0 Å². The van der Waals surface area contributed by atoms with Crippen molar-refractivity contribution < 1.29 is 0 Å². The monoisotopic (exact) mass is 421 g/mol. The summed E-state index contributed by atoms with van der Waals surface area (Å²) in [4.78, 5) is 4.57. The zero-order chi connectivity index (χ0) is 19.0. The fraction of sp³-hybridized carbons (Fsp3) is 0.143. The van der Waals surface area contributed by atoms with E-state index in [4.69, 9.17) is 0 Å². The first-order valence-electron chi connectivity index (χ1n) is 8.70. The van der Waals surface area contributed by atoms with Crippen LogP contribution < -0.4 is 5.43 Å². The second-order valence-corrected chi connectivity index (χ2v) is 7.41. The van der Waals surface area contributed by atoms with Gasteiger partial charge in [0, 0.05) is 34.2 Å². The van der Waals surface area contributed by atoms with Crippen molar-refractivity contribution in [3.63, 3.8) is 0 Å². The Labute approximate surface area is 166 Å². The average Bonchev–Trinajstić information content (AvgIpc) is 3.13. The molecule has 2 heterocycles. The molecular weight excluding hydrogens is 402 g/mol. The summed E-state index contributed by atoms with van der Waals surface area (Å²) in [7, 11) is 1.98. The third-order valence-electron chi connectivity index (χ3n) is 4.71. The van der Waals surface area contributed by atoms with Gasteiger partial charge in [0.15, 0.2) is 0 Å². The fourth-order valence-corrected chi connectivity index (χ4v) is 3.58. The summed E-state index contributed by atoms with van der Waals surface area (Å²) in [5.74, 6) is 0.717. The smallest absolute Gasteiger partial charge is 0.224 e. The zero-order valence-corrected chi connectivity index (χ0v) is 17.0. The van der Waals surface area contributed by atoms with Crippen LogP contribution >= 0.6 is 15.9 Å². The summed E-state index contributed by atoms with van der Waals surface area (Å²) < 4.78 is 5.29. The predicted octanol–water partition coefficient (Wildman–Crippen LogP) is 5.19. The molecule has 0 unspecified atom stereocenters. The largest absolute Gasteiger partial charge is 0.318 e. The molecule has 1 N–H and O–H groups in total. The van der Waals surface area contributed by atoms with Crippen LogP contribution in [0.2, 0.25) is 0 Å². The van der Waals surface area contributed by atoms with Gasteiger partial charge in [-0.1, -0.05) is 28.1 Å². The number of hydrazone groups is 1. The van der Waals surface area contributed by atoms with Crippen molar-refractivity contribution >= 4 is 39.1 Å². The van der Waals surface area contributed by atoms with Gasteiger partial charge in [0.25, 0.3) is 0 Å². The Morgan fingerprint density at radius 3 is 2.56 bits per heavy atom. The number of aromatic nitrogens is 3. The summed E-state index contributed by atoms with van der Waals surface area (Å²) in [5.41, 5.74) is 9.60. The van der Waals surface area contributed by atoms with Gasteiger partial charge in [-0.05, 0) is 56.3 Å². The molecule has 0 spiro atoms. The molecule has 0 radical (unpaired) electrons. The second kappa shape index (κ2) is 7.04. The van der Waals surface area contributed by atoms with Gasteiger partial charge in [-0.25, -0.2) is 10.4 Å². The summed E-state index contributed by atoms with van der Waals surface area (Å²) in [5, 5.41) is 4.41. The van der Waals surface area contributed by atoms with Crippen LogP contribution in [-0.4, -0.2) is 20.3 Å². The van der Waals surface area contributed by atoms with Gasteiger partial charge in [-0.15, -0.1) is 0 Å². The molecule has 27 heavy (non-hydrogen) atoms. The van der Waals surface area contributed by atoms with Crippen molar-refractivity contribution in [3.05, 3.63) is 76.0 Å². The predicted molar refractivity (Wildman–Crippen MR) is 115 cm³/mol. The number of imidazole rings is 1. The molecule has 2 aromatic heterocycles. The highest BCUT2D eigenvalue weighted by Gasteiger charge is 2.10. The molecule has 6 heteroatoms. The summed E-state index contributed by atoms with van der Waals surface area (Å²) in [6, 6.07) is 18.5. The lowest BCUT2D eigenvalue weighted by molar-refractivity contribution is 0.943. The van der Waals surface area contributed by atoms with E-state index in [1.54, 1.807) is 0 Å². The highest BCUT2D eigenvalue weighted by molar-refractivity contribution is 9.10. The minimum absolute atomic E-state index is 0.717. The molecule has 4 aromatic rings. The number of anilines is 1. The molecule has 0 bridgehead atoms. The Morgan fingerprint density at radius 1 is 1.07 bits per heavy atom. The van der Waals surface area contributed by atoms with Crippen LogP contribution in [0.3, 0.4) is 0 Å². The minimum atomic E-state index is 0.717. The molecule has 0 saturated heterocycles. The number of hydrogen-bond donors (Lipinski definition) is 1. The normalized spacial score (nSPS) is 11.6. The number of para-hydroxylation sites is 2. The first-order chi connectivity index (χ1) is 13.0. The van der Waals surface area contributed by atoms with Crippen LogP contribution in [0.15, 0.2) is 64.2 Å². The van der Waals surface area contributed by atoms with Crippen LogP contribution in [0.5, 0.6) is 0 Å². The lowest BCUT2D eigenvalue weighted by Crippen LogP contribution is -2.00. The van der Waals surface area contributed by atoms with E-state index >= 15 is 0 Å². The van der Waals surface area contributed by atoms with E-state index in [-0.39, 0.29) is 0 Å². The first-order valence-corrected chi connectivity index (χ1v) is 9.49. The quantitative estimate of drug-likeness (QED) is 0.364. The standard InChI is InChI=1S/C21H20BrN5/c1-14-12-16(15(2)27(14)18-10-8-17(22)9-11-18)13-23-25-21-24-19-6-4-5-7-20(19)26(21)3/h4-13H,1-3H3,(H,24,25). The highest BCUT2D eigenvalue weighted by Crippen LogP contribution is 2.22. The lowest BCUT2D eigenvalue weighted by atomic mass is 10.2. The van der Waals surface area contributed by atoms with Crippen molar-refractivity contribution in [1.29, 1.82) is 0 Å². The maximum atomic E-state index is 4.57. The van der Waals surface area contributed by atoms with Crippen molar-refractivity contribution in [3.8, 4) is 5.69 Å². The lowest BCUT2D eigenvalue weighted by Gasteiger charge is -2.09. The van der Waals surface area contributed by atoms with Gasteiger partial charge < -0.3 is 9.13 Å². The molecule has 4 rings (SSSR count). The number of fused-ring (bicyclic) bond motifs is 1. The molecule has 0 saturated carbocycles. The number of hydrogen-bond acceptors (Lipinski definition) is 3. The number of halogens is 1. The van der Waals surface area contributed by atoms with Gasteiger partial charge in [0.1, 0.15) is 0 Å². The van der Waals surface area contributed by atoms with Crippen molar-refractivity contribution in [1.82, 2.24) is 14.1 Å². The Bertz CT molecular complexity index is 1140. The SMILES string of the molecule is Cc1cc(C=NNc2nc3ccccc3n2C)c(C)n1-c1ccc(Br)cc1. The maximum absolute atomic E-state index is 4.57. The molecule has 0 amide bonds. The van der Waals surface area contributed by atoms with Crippen LogP contribution in [0, 0.1) is 13.8 Å². The average molecular weight is 422 g/mol. The van der Waals surface area contributed by atoms with E-state index in [1.165, 1.54) is 5.69 Å². The van der Waals surface area contributed by atoms with Gasteiger partial charge >= 0.3 is 0 Å². The molecule has 0 aliphatic heterocycles. The topological polar surface area (TPSA) is 47.1 Å². The van der Waals surface area contributed by atoms with Gasteiger partial charge in [-0.2, -0.15) is 5.10 Å². The van der Waals surface area contributed by atoms with E-state index in [0.717, 1.165) is 32.5 Å². The molecule has 2 aromatic carbocycles. The number of nitrogens with one attached hydrogen (secondary N) is 1. The first kappa shape index (κ1) is 17.5. The third-order valence-corrected chi connectivity index (χ3v) is 5.24. The Kier molecular flexibility index (Phi) is 4.58. The zero-order valence-electron chi connectivity index (χ0n) is 15.4. The Hall–Kier alpha value is -2.86. The van der Waals surface area contributed by atoms with E-state index < -0.39 is 0 Å². The third kappa shape index (κ3) is 3.28. The number of benzene rings is 2. The van der Waals surface area contributed by atoms with Crippen molar-refractivity contribution in [2.75, 3.05) is 5.43 Å². The Balaban J connectivity index is 1.60. The minimum Gasteiger partial charge on any atom is -0.318 e. The van der Waals surface area contributed by atoms with Gasteiger partial charge in [0.05, 0.1) is 17.2 Å². The fourth-order valence-electron chi connectivity index (χ4n) is 3.31. The second-order valence-electron chi connectivity index (χ2n) is 6.49.